The second-order valence-corrected chi connectivity index (χ2v) is 9.38. The number of halogens is 2. The number of rotatable bonds is 9. The molecule has 1 aromatic carbocycles. The van der Waals surface area contributed by atoms with E-state index < -0.39 is 0 Å². The Morgan fingerprint density at radius 3 is 2.63 bits per heavy atom. The average molecular weight is 500 g/mol. The van der Waals surface area contributed by atoms with Crippen molar-refractivity contribution in [3.63, 3.8) is 0 Å². The van der Waals surface area contributed by atoms with Crippen LogP contribution in [0.15, 0.2) is 44.2 Å². The normalized spacial score (nSPS) is 13.5. The summed E-state index contributed by atoms with van der Waals surface area (Å²) in [5.41, 5.74) is 0. The quantitative estimate of drug-likeness (QED) is 0.149. The summed E-state index contributed by atoms with van der Waals surface area (Å²) in [6.45, 7) is 2.27. The van der Waals surface area contributed by atoms with Gasteiger partial charge in [-0.25, -0.2) is 0 Å². The van der Waals surface area contributed by atoms with E-state index in [0.717, 1.165) is 3.92 Å². The predicted molar refractivity (Wildman–Crippen MR) is 106 cm³/mol. The van der Waals surface area contributed by atoms with Crippen LogP contribution >= 0.6 is 56.9 Å². The zero-order chi connectivity index (χ0) is 13.9. The molecule has 0 bridgehead atoms. The van der Waals surface area contributed by atoms with Crippen molar-refractivity contribution in [3.05, 3.63) is 39.3 Å². The van der Waals surface area contributed by atoms with Crippen LogP contribution in [0, 0.1) is 0 Å². The van der Waals surface area contributed by atoms with Gasteiger partial charge in [-0.3, -0.25) is 0 Å². The zero-order valence-electron chi connectivity index (χ0n) is 11.4. The molecule has 0 aliphatic carbocycles. The third-order valence-electron chi connectivity index (χ3n) is 2.86. The van der Waals surface area contributed by atoms with Gasteiger partial charge >= 0.3 is 0 Å². The van der Waals surface area contributed by atoms with Gasteiger partial charge in [-0.2, -0.15) is 0 Å². The van der Waals surface area contributed by atoms with Gasteiger partial charge < -0.3 is 0 Å². The minimum Gasteiger partial charge on any atom is -0.0838 e. The number of alkyl halides is 1. The van der Waals surface area contributed by atoms with Crippen molar-refractivity contribution in [1.82, 2.24) is 0 Å². The van der Waals surface area contributed by atoms with E-state index in [9.17, 15) is 0 Å². The molecule has 0 N–H and O–H groups in total. The molecule has 0 aromatic heterocycles. The summed E-state index contributed by atoms with van der Waals surface area (Å²) in [6, 6.07) is 10.6. The van der Waals surface area contributed by atoms with Gasteiger partial charge in [-0.05, 0) is 47.6 Å². The van der Waals surface area contributed by atoms with Gasteiger partial charge in [-0.15, -0.1) is 0 Å². The third kappa shape index (κ3) is 9.34. The van der Waals surface area contributed by atoms with Crippen LogP contribution in [-0.4, -0.2) is 3.92 Å². The monoisotopic (exact) mass is 500 g/mol. The second kappa shape index (κ2) is 11.4. The molecule has 1 aromatic rings. The van der Waals surface area contributed by atoms with Crippen LogP contribution in [0.25, 0.3) is 0 Å². The fourth-order valence-corrected chi connectivity index (χ4v) is 4.18. The first-order chi connectivity index (χ1) is 9.22. The Kier molecular flexibility index (Phi) is 10.7. The lowest BCUT2D eigenvalue weighted by Crippen LogP contribution is -1.95. The number of allylic oxidation sites excluding steroid dienone is 1. The van der Waals surface area contributed by atoms with E-state index in [1.54, 1.807) is 0 Å². The van der Waals surface area contributed by atoms with Crippen LogP contribution in [0.3, 0.4) is 0 Å². The standard InChI is InChI=1S/C16H22I2S/c1-2-3-4-6-9-14(17)12-13-16(18)19-15-10-7-5-8-11-15/h5,7-8,10-11,13-14H,2-4,6,9,12H2,1H3/b16-13-. The first-order valence-electron chi connectivity index (χ1n) is 6.95. The lowest BCUT2D eigenvalue weighted by Gasteiger charge is -2.07. The minimum atomic E-state index is 0.788. The smallest absolute Gasteiger partial charge is 0.0467 e. The van der Waals surface area contributed by atoms with Gasteiger partial charge in [0.15, 0.2) is 0 Å². The maximum Gasteiger partial charge on any atom is 0.0467 e. The van der Waals surface area contributed by atoms with Crippen LogP contribution in [-0.2, 0) is 0 Å². The number of hydrogen-bond acceptors (Lipinski definition) is 1. The summed E-state index contributed by atoms with van der Waals surface area (Å²) in [5, 5.41) is 0. The van der Waals surface area contributed by atoms with Gasteiger partial charge in [0.25, 0.3) is 0 Å². The van der Waals surface area contributed by atoms with Gasteiger partial charge in [0, 0.05) is 11.7 Å². The number of hydrogen-bond donors (Lipinski definition) is 0. The van der Waals surface area contributed by atoms with E-state index in [0.29, 0.717) is 0 Å². The first-order valence-corrected chi connectivity index (χ1v) is 10.1. The van der Waals surface area contributed by atoms with Crippen LogP contribution in [0.2, 0.25) is 0 Å². The number of thioether (sulfide) groups is 1. The first kappa shape index (κ1) is 17.8. The van der Waals surface area contributed by atoms with Crippen molar-refractivity contribution < 1.29 is 0 Å². The van der Waals surface area contributed by atoms with Gasteiger partial charge in [0.1, 0.15) is 0 Å². The number of benzene rings is 1. The van der Waals surface area contributed by atoms with Crippen LogP contribution in [0.4, 0.5) is 0 Å². The van der Waals surface area contributed by atoms with E-state index in [1.165, 1.54) is 46.3 Å². The molecule has 106 valence electrons. The highest BCUT2D eigenvalue weighted by Crippen LogP contribution is 2.32. The molecular weight excluding hydrogens is 478 g/mol. The highest BCUT2D eigenvalue weighted by atomic mass is 127. The highest BCUT2D eigenvalue weighted by Gasteiger charge is 2.03. The predicted octanol–water partition coefficient (Wildman–Crippen LogP) is 7.22. The summed E-state index contributed by atoms with van der Waals surface area (Å²) in [4.78, 5) is 1.33. The molecule has 0 heterocycles. The SMILES string of the molecule is CCCCCCC(I)C/C=C(/I)Sc1ccccc1. The largest absolute Gasteiger partial charge is 0.0838 e. The van der Waals surface area contributed by atoms with E-state index in [2.05, 4.69) is 88.5 Å². The van der Waals surface area contributed by atoms with Crippen molar-refractivity contribution >= 4 is 56.9 Å². The fourth-order valence-electron chi connectivity index (χ4n) is 1.77. The molecule has 0 aliphatic heterocycles. The topological polar surface area (TPSA) is 0 Å². The molecule has 19 heavy (non-hydrogen) atoms. The van der Waals surface area contributed by atoms with Crippen molar-refractivity contribution in [3.8, 4) is 0 Å². The van der Waals surface area contributed by atoms with Crippen LogP contribution in [0.1, 0.15) is 45.4 Å². The zero-order valence-corrected chi connectivity index (χ0v) is 16.6. The molecule has 0 radical (unpaired) electrons. The minimum absolute atomic E-state index is 0.788. The molecule has 0 nitrogen and oxygen atoms in total. The lowest BCUT2D eigenvalue weighted by atomic mass is 10.1. The Labute approximate surface area is 149 Å². The molecule has 0 saturated carbocycles. The van der Waals surface area contributed by atoms with E-state index in [4.69, 9.17) is 0 Å². The van der Waals surface area contributed by atoms with Crippen LogP contribution < -0.4 is 0 Å². The molecule has 0 spiro atoms. The summed E-state index contributed by atoms with van der Waals surface area (Å²) in [5.74, 6) is 0. The molecule has 1 atom stereocenters. The summed E-state index contributed by atoms with van der Waals surface area (Å²) in [6.07, 6.45) is 10.4. The maximum atomic E-state index is 2.60. The van der Waals surface area contributed by atoms with E-state index in [1.807, 2.05) is 11.8 Å². The Hall–Kier alpha value is 0.770. The lowest BCUT2D eigenvalue weighted by molar-refractivity contribution is 0.627. The molecule has 0 fully saturated rings. The van der Waals surface area contributed by atoms with Gasteiger partial charge in [-0.1, -0.05) is 91.2 Å². The Balaban J connectivity index is 2.23. The van der Waals surface area contributed by atoms with Gasteiger partial charge in [0.05, 0.1) is 0 Å². The molecule has 1 unspecified atom stereocenters. The fraction of sp³-hybridized carbons (Fsp3) is 0.500. The summed E-state index contributed by atoms with van der Waals surface area (Å²) in [7, 11) is 0. The van der Waals surface area contributed by atoms with Gasteiger partial charge in [0.2, 0.25) is 0 Å². The molecule has 0 saturated heterocycles. The average Bonchev–Trinajstić information content (AvgIpc) is 2.42. The second-order valence-electron chi connectivity index (χ2n) is 4.61. The molecular formula is C16H22I2S. The van der Waals surface area contributed by atoms with Crippen molar-refractivity contribution in [2.24, 2.45) is 0 Å². The molecule has 1 rings (SSSR count). The Morgan fingerprint density at radius 2 is 1.95 bits per heavy atom. The highest BCUT2D eigenvalue weighted by molar-refractivity contribution is 14.1. The van der Waals surface area contributed by atoms with Crippen molar-refractivity contribution in [2.45, 2.75) is 54.3 Å². The third-order valence-corrected chi connectivity index (χ3v) is 5.97. The molecule has 0 amide bonds. The Morgan fingerprint density at radius 1 is 1.21 bits per heavy atom. The Bertz CT molecular complexity index is 362. The van der Waals surface area contributed by atoms with Crippen LogP contribution in [0.5, 0.6) is 0 Å². The maximum absolute atomic E-state index is 2.60. The molecule has 0 aliphatic rings. The summed E-state index contributed by atoms with van der Waals surface area (Å²) < 4.78 is 2.18. The van der Waals surface area contributed by atoms with E-state index >= 15 is 0 Å². The number of unbranched alkanes of at least 4 members (excludes halogenated alkanes) is 3. The van der Waals surface area contributed by atoms with Crippen molar-refractivity contribution in [1.29, 1.82) is 0 Å². The van der Waals surface area contributed by atoms with E-state index in [-0.39, 0.29) is 0 Å². The molecule has 3 heteroatoms. The van der Waals surface area contributed by atoms with Crippen molar-refractivity contribution in [2.75, 3.05) is 0 Å². The summed E-state index contributed by atoms with van der Waals surface area (Å²) >= 11 is 6.91.